The fourth-order valence-electron chi connectivity index (χ4n) is 2.81. The highest BCUT2D eigenvalue weighted by Gasteiger charge is 2.35. The van der Waals surface area contributed by atoms with Gasteiger partial charge in [0.05, 0.1) is 0 Å². The third-order valence-electron chi connectivity index (χ3n) is 3.79. The number of aromatic hydroxyl groups is 2. The molecule has 1 aliphatic rings. The largest absolute Gasteiger partial charge is 0.508 e. The summed E-state index contributed by atoms with van der Waals surface area (Å²) in [5.74, 6) is 0.582. The molecule has 0 amide bonds. The van der Waals surface area contributed by atoms with Gasteiger partial charge in [-0.2, -0.15) is 0 Å². The summed E-state index contributed by atoms with van der Waals surface area (Å²) in [5.41, 5.74) is 1.03. The predicted molar refractivity (Wildman–Crippen MR) is 60.2 cm³/mol. The standard InChI is InChI=1S/C13H18O2/c1-2-13(7-3-4-8-13)11-9-10(14)5-6-12(11)15/h5-6,9,14-15H,2-4,7-8H2,1H3. The lowest BCUT2D eigenvalue weighted by Gasteiger charge is -2.28. The average Bonchev–Trinajstić information content (AvgIpc) is 2.71. The highest BCUT2D eigenvalue weighted by molar-refractivity contribution is 5.44. The van der Waals surface area contributed by atoms with Crippen LogP contribution in [-0.2, 0) is 5.41 Å². The topological polar surface area (TPSA) is 40.5 Å². The second-order valence-electron chi connectivity index (χ2n) is 4.54. The summed E-state index contributed by atoms with van der Waals surface area (Å²) < 4.78 is 0. The minimum atomic E-state index is 0.100. The zero-order valence-corrected chi connectivity index (χ0v) is 9.16. The summed E-state index contributed by atoms with van der Waals surface area (Å²) in [6.45, 7) is 2.16. The minimum absolute atomic E-state index is 0.100. The van der Waals surface area contributed by atoms with Crippen molar-refractivity contribution in [3.8, 4) is 11.5 Å². The van der Waals surface area contributed by atoms with E-state index in [0.717, 1.165) is 24.8 Å². The highest BCUT2D eigenvalue weighted by Crippen LogP contribution is 2.47. The molecule has 1 aromatic rings. The fraction of sp³-hybridized carbons (Fsp3) is 0.538. The molecule has 1 saturated carbocycles. The van der Waals surface area contributed by atoms with Gasteiger partial charge in [0, 0.05) is 5.56 Å². The molecule has 0 aromatic heterocycles. The van der Waals surface area contributed by atoms with Crippen molar-refractivity contribution in [2.24, 2.45) is 0 Å². The Morgan fingerprint density at radius 2 is 1.87 bits per heavy atom. The summed E-state index contributed by atoms with van der Waals surface area (Å²) in [6.07, 6.45) is 5.73. The van der Waals surface area contributed by atoms with Gasteiger partial charge in [-0.05, 0) is 42.9 Å². The van der Waals surface area contributed by atoms with Gasteiger partial charge >= 0.3 is 0 Å². The van der Waals surface area contributed by atoms with Crippen LogP contribution < -0.4 is 0 Å². The molecular formula is C13H18O2. The van der Waals surface area contributed by atoms with E-state index in [1.165, 1.54) is 18.9 Å². The zero-order chi connectivity index (χ0) is 10.9. The molecule has 2 N–H and O–H groups in total. The van der Waals surface area contributed by atoms with E-state index in [0.29, 0.717) is 5.75 Å². The molecule has 15 heavy (non-hydrogen) atoms. The van der Waals surface area contributed by atoms with E-state index in [2.05, 4.69) is 6.92 Å². The first-order valence-electron chi connectivity index (χ1n) is 5.70. The molecule has 2 nitrogen and oxygen atoms in total. The number of phenols is 2. The molecule has 0 aliphatic heterocycles. The fourth-order valence-corrected chi connectivity index (χ4v) is 2.81. The van der Waals surface area contributed by atoms with Crippen molar-refractivity contribution in [3.63, 3.8) is 0 Å². The van der Waals surface area contributed by atoms with Gasteiger partial charge in [0.15, 0.2) is 0 Å². The minimum Gasteiger partial charge on any atom is -0.508 e. The second kappa shape index (κ2) is 3.76. The molecule has 1 fully saturated rings. The third-order valence-corrected chi connectivity index (χ3v) is 3.79. The molecule has 0 unspecified atom stereocenters. The molecule has 1 aromatic carbocycles. The summed E-state index contributed by atoms with van der Waals surface area (Å²) in [5, 5.41) is 19.4. The Labute approximate surface area is 90.6 Å². The summed E-state index contributed by atoms with van der Waals surface area (Å²) >= 11 is 0. The maximum absolute atomic E-state index is 9.88. The van der Waals surface area contributed by atoms with Crippen LogP contribution in [0.2, 0.25) is 0 Å². The molecular weight excluding hydrogens is 188 g/mol. The number of benzene rings is 1. The Bertz CT molecular complexity index is 352. The number of phenolic OH excluding ortho intramolecular Hbond substituents is 2. The molecule has 0 saturated heterocycles. The van der Waals surface area contributed by atoms with Gasteiger partial charge in [-0.15, -0.1) is 0 Å². The Hall–Kier alpha value is -1.18. The number of hydrogen-bond donors (Lipinski definition) is 2. The van der Waals surface area contributed by atoms with Crippen molar-refractivity contribution >= 4 is 0 Å². The first-order valence-corrected chi connectivity index (χ1v) is 5.70. The van der Waals surface area contributed by atoms with Crippen molar-refractivity contribution in [2.45, 2.75) is 44.4 Å². The van der Waals surface area contributed by atoms with Crippen molar-refractivity contribution in [2.75, 3.05) is 0 Å². The molecule has 0 radical (unpaired) electrons. The Balaban J connectivity index is 2.46. The van der Waals surface area contributed by atoms with Gasteiger partial charge in [0.2, 0.25) is 0 Å². The van der Waals surface area contributed by atoms with E-state index in [1.807, 2.05) is 0 Å². The van der Waals surface area contributed by atoms with Gasteiger partial charge in [-0.1, -0.05) is 19.8 Å². The van der Waals surface area contributed by atoms with E-state index >= 15 is 0 Å². The van der Waals surface area contributed by atoms with Crippen LogP contribution in [-0.4, -0.2) is 10.2 Å². The van der Waals surface area contributed by atoms with Crippen molar-refractivity contribution in [1.82, 2.24) is 0 Å². The molecule has 1 aliphatic carbocycles. The summed E-state index contributed by atoms with van der Waals surface area (Å²) in [7, 11) is 0. The van der Waals surface area contributed by atoms with Crippen LogP contribution >= 0.6 is 0 Å². The third kappa shape index (κ3) is 1.69. The monoisotopic (exact) mass is 206 g/mol. The Morgan fingerprint density at radius 1 is 1.20 bits per heavy atom. The molecule has 0 heterocycles. The molecule has 82 valence electrons. The predicted octanol–water partition coefficient (Wildman–Crippen LogP) is 3.32. The highest BCUT2D eigenvalue weighted by atomic mass is 16.3. The van der Waals surface area contributed by atoms with Crippen molar-refractivity contribution < 1.29 is 10.2 Å². The molecule has 2 heteroatoms. The Kier molecular flexibility index (Phi) is 2.59. The molecule has 0 atom stereocenters. The molecule has 0 bridgehead atoms. The van der Waals surface area contributed by atoms with Crippen LogP contribution in [0.3, 0.4) is 0 Å². The van der Waals surface area contributed by atoms with Gasteiger partial charge < -0.3 is 10.2 Å². The summed E-state index contributed by atoms with van der Waals surface area (Å²) in [4.78, 5) is 0. The summed E-state index contributed by atoms with van der Waals surface area (Å²) in [6, 6.07) is 4.86. The maximum atomic E-state index is 9.88. The lowest BCUT2D eigenvalue weighted by molar-refractivity contribution is 0.383. The zero-order valence-electron chi connectivity index (χ0n) is 9.16. The van der Waals surface area contributed by atoms with Gasteiger partial charge in [-0.3, -0.25) is 0 Å². The van der Waals surface area contributed by atoms with E-state index in [9.17, 15) is 10.2 Å². The number of hydrogen-bond acceptors (Lipinski definition) is 2. The van der Waals surface area contributed by atoms with Crippen molar-refractivity contribution in [3.05, 3.63) is 23.8 Å². The van der Waals surface area contributed by atoms with E-state index in [1.54, 1.807) is 12.1 Å². The van der Waals surface area contributed by atoms with Crippen LogP contribution in [0, 0.1) is 0 Å². The van der Waals surface area contributed by atoms with Crippen LogP contribution in [0.5, 0.6) is 11.5 Å². The average molecular weight is 206 g/mol. The lowest BCUT2D eigenvalue weighted by Crippen LogP contribution is -2.20. The van der Waals surface area contributed by atoms with Crippen LogP contribution in [0.15, 0.2) is 18.2 Å². The SMILES string of the molecule is CCC1(c2cc(O)ccc2O)CCCC1. The number of rotatable bonds is 2. The Morgan fingerprint density at radius 3 is 2.47 bits per heavy atom. The molecule has 0 spiro atoms. The van der Waals surface area contributed by atoms with Crippen LogP contribution in [0.4, 0.5) is 0 Å². The first-order chi connectivity index (χ1) is 7.18. The van der Waals surface area contributed by atoms with E-state index < -0.39 is 0 Å². The van der Waals surface area contributed by atoms with Crippen molar-refractivity contribution in [1.29, 1.82) is 0 Å². The maximum Gasteiger partial charge on any atom is 0.119 e. The quantitative estimate of drug-likeness (QED) is 0.729. The van der Waals surface area contributed by atoms with Gasteiger partial charge in [0.25, 0.3) is 0 Å². The second-order valence-corrected chi connectivity index (χ2v) is 4.54. The van der Waals surface area contributed by atoms with Crippen LogP contribution in [0.1, 0.15) is 44.6 Å². The first kappa shape index (κ1) is 10.3. The van der Waals surface area contributed by atoms with E-state index in [4.69, 9.17) is 0 Å². The van der Waals surface area contributed by atoms with E-state index in [-0.39, 0.29) is 11.2 Å². The van der Waals surface area contributed by atoms with Crippen LogP contribution in [0.25, 0.3) is 0 Å². The lowest BCUT2D eigenvalue weighted by atomic mass is 9.76. The smallest absolute Gasteiger partial charge is 0.119 e. The normalized spacial score (nSPS) is 19.3. The van der Waals surface area contributed by atoms with Gasteiger partial charge in [-0.25, -0.2) is 0 Å². The van der Waals surface area contributed by atoms with Gasteiger partial charge in [0.1, 0.15) is 11.5 Å². The molecule has 2 rings (SSSR count).